The van der Waals surface area contributed by atoms with E-state index in [0.29, 0.717) is 0 Å². The van der Waals surface area contributed by atoms with Crippen LogP contribution in [0.1, 0.15) is 55.4 Å². The van der Waals surface area contributed by atoms with Gasteiger partial charge in [0.05, 0.1) is 12.3 Å². The topological polar surface area (TPSA) is 61.8 Å². The summed E-state index contributed by atoms with van der Waals surface area (Å²) in [5.41, 5.74) is -1.15. The Morgan fingerprint density at radius 3 is 1.91 bits per heavy atom. The molecule has 0 bridgehead atoms. The van der Waals surface area contributed by atoms with E-state index in [-0.39, 0.29) is 5.92 Å². The van der Waals surface area contributed by atoms with E-state index in [4.69, 9.17) is 14.2 Å². The van der Waals surface area contributed by atoms with E-state index in [9.17, 15) is 9.59 Å². The minimum absolute atomic E-state index is 0.0354. The number of ether oxygens (including phenoxy) is 3. The molecule has 130 valence electrons. The summed E-state index contributed by atoms with van der Waals surface area (Å²) in [5, 5.41) is 0. The van der Waals surface area contributed by atoms with Crippen molar-refractivity contribution in [1.29, 1.82) is 0 Å². The van der Waals surface area contributed by atoms with E-state index in [1.807, 2.05) is 13.8 Å². The molecule has 23 heavy (non-hydrogen) atoms. The van der Waals surface area contributed by atoms with Crippen LogP contribution in [0.5, 0.6) is 0 Å². The second-order valence-corrected chi connectivity index (χ2v) is 7.41. The minimum Gasteiger partial charge on any atom is -0.485 e. The first kappa shape index (κ1) is 21.0. The van der Waals surface area contributed by atoms with E-state index in [2.05, 4.69) is 11.8 Å². The van der Waals surface area contributed by atoms with Crippen molar-refractivity contribution in [3.63, 3.8) is 0 Å². The van der Waals surface area contributed by atoms with Crippen LogP contribution >= 0.6 is 0 Å². The summed E-state index contributed by atoms with van der Waals surface area (Å²) < 4.78 is 15.6. The fourth-order valence-electron chi connectivity index (χ4n) is 1.31. The zero-order chi connectivity index (χ0) is 18.3. The van der Waals surface area contributed by atoms with E-state index < -0.39 is 29.2 Å². The third-order valence-electron chi connectivity index (χ3n) is 2.16. The lowest BCUT2D eigenvalue weighted by molar-refractivity contribution is -0.149. The summed E-state index contributed by atoms with van der Waals surface area (Å²) in [7, 11) is 0. The van der Waals surface area contributed by atoms with Gasteiger partial charge >= 0.3 is 11.9 Å². The highest BCUT2D eigenvalue weighted by molar-refractivity contribution is 5.88. The maximum atomic E-state index is 11.6. The van der Waals surface area contributed by atoms with Crippen LogP contribution in [0.4, 0.5) is 0 Å². The normalized spacial score (nSPS) is 13.3. The molecule has 0 radical (unpaired) electrons. The van der Waals surface area contributed by atoms with Crippen LogP contribution in [0.25, 0.3) is 0 Å². The third-order valence-corrected chi connectivity index (χ3v) is 2.16. The van der Waals surface area contributed by atoms with Crippen molar-refractivity contribution < 1.29 is 23.8 Å². The second kappa shape index (κ2) is 8.61. The van der Waals surface area contributed by atoms with Gasteiger partial charge < -0.3 is 14.2 Å². The van der Waals surface area contributed by atoms with Gasteiger partial charge in [0.25, 0.3) is 0 Å². The zero-order valence-electron chi connectivity index (χ0n) is 15.4. The molecule has 1 atom stereocenters. The van der Waals surface area contributed by atoms with Gasteiger partial charge in [-0.15, -0.1) is 0 Å². The quantitative estimate of drug-likeness (QED) is 0.261. The monoisotopic (exact) mass is 324 g/mol. The van der Waals surface area contributed by atoms with E-state index >= 15 is 0 Å². The van der Waals surface area contributed by atoms with Crippen molar-refractivity contribution in [2.45, 2.75) is 72.7 Å². The van der Waals surface area contributed by atoms with Gasteiger partial charge in [-0.3, -0.25) is 0 Å². The van der Waals surface area contributed by atoms with Crippen LogP contribution in [-0.4, -0.2) is 29.2 Å². The molecule has 0 rings (SSSR count). The predicted octanol–water partition coefficient (Wildman–Crippen LogP) is 3.23. The lowest BCUT2D eigenvalue weighted by atomic mass is 10.1. The van der Waals surface area contributed by atoms with E-state index in [1.165, 1.54) is 12.3 Å². The average molecular weight is 324 g/mol. The number of rotatable bonds is 4. The molecule has 0 aliphatic heterocycles. The Bertz CT molecular complexity index is 492. The summed E-state index contributed by atoms with van der Waals surface area (Å²) in [6.07, 6.45) is 1.90. The fourth-order valence-corrected chi connectivity index (χ4v) is 1.31. The number of hydrogen-bond acceptors (Lipinski definition) is 5. The van der Waals surface area contributed by atoms with Crippen molar-refractivity contribution in [3.05, 3.63) is 12.3 Å². The Kier molecular flexibility index (Phi) is 7.88. The van der Waals surface area contributed by atoms with Gasteiger partial charge in [0, 0.05) is 11.8 Å². The first-order valence-corrected chi connectivity index (χ1v) is 7.59. The molecular formula is C18H28O5. The minimum atomic E-state index is -0.608. The van der Waals surface area contributed by atoms with Gasteiger partial charge in [-0.05, 0) is 47.5 Å². The molecule has 0 N–H and O–H groups in total. The Hall–Kier alpha value is -1.96. The third kappa shape index (κ3) is 12.3. The second-order valence-electron chi connectivity index (χ2n) is 7.41. The Morgan fingerprint density at radius 1 is 0.957 bits per heavy atom. The molecule has 0 heterocycles. The summed E-state index contributed by atoms with van der Waals surface area (Å²) in [6, 6.07) is 0. The Labute approximate surface area is 139 Å². The van der Waals surface area contributed by atoms with Crippen molar-refractivity contribution in [2.75, 3.05) is 0 Å². The molecule has 0 aliphatic carbocycles. The first-order valence-electron chi connectivity index (χ1n) is 7.59. The number of hydrogen-bond donors (Lipinski definition) is 0. The number of carbonyl (C=O) groups is 2. The molecule has 0 fully saturated rings. The molecule has 1 unspecified atom stereocenters. The van der Waals surface area contributed by atoms with Crippen molar-refractivity contribution in [2.24, 2.45) is 5.92 Å². The van der Waals surface area contributed by atoms with E-state index in [0.717, 1.165) is 0 Å². The van der Waals surface area contributed by atoms with Gasteiger partial charge in [-0.2, -0.15) is 0 Å². The Morgan fingerprint density at radius 2 is 1.48 bits per heavy atom. The predicted molar refractivity (Wildman–Crippen MR) is 88.3 cm³/mol. The highest BCUT2D eigenvalue weighted by Gasteiger charge is 2.16. The van der Waals surface area contributed by atoms with Gasteiger partial charge in [0.15, 0.2) is 6.10 Å². The molecule has 0 aliphatic rings. The van der Waals surface area contributed by atoms with Crippen LogP contribution in [0.3, 0.4) is 0 Å². The lowest BCUT2D eigenvalue weighted by Crippen LogP contribution is -2.23. The smallest absolute Gasteiger partial charge is 0.384 e. The van der Waals surface area contributed by atoms with Gasteiger partial charge in [-0.1, -0.05) is 13.8 Å². The molecule has 0 aromatic heterocycles. The lowest BCUT2D eigenvalue weighted by Gasteiger charge is -2.18. The zero-order valence-corrected chi connectivity index (χ0v) is 15.4. The average Bonchev–Trinajstić information content (AvgIpc) is 2.28. The molecule has 0 aromatic rings. The van der Waals surface area contributed by atoms with Gasteiger partial charge in [0.2, 0.25) is 0 Å². The van der Waals surface area contributed by atoms with Crippen LogP contribution in [0.2, 0.25) is 0 Å². The molecule has 0 saturated carbocycles. The standard InChI is InChI=1S/C18H28O5/c1-13(2)14(9-10-15(19)22-17(3,4)5)21-12-11-16(20)23-18(6,7)8/h11-14H,1-8H3/b12-11+. The largest absolute Gasteiger partial charge is 0.485 e. The van der Waals surface area contributed by atoms with Crippen LogP contribution in [0.15, 0.2) is 12.3 Å². The molecular weight excluding hydrogens is 296 g/mol. The van der Waals surface area contributed by atoms with Crippen LogP contribution in [0, 0.1) is 17.8 Å². The molecule has 0 spiro atoms. The number of carbonyl (C=O) groups excluding carboxylic acids is 2. The molecule has 5 nitrogen and oxygen atoms in total. The summed E-state index contributed by atoms with van der Waals surface area (Å²) in [4.78, 5) is 23.1. The van der Waals surface area contributed by atoms with Gasteiger partial charge in [-0.25, -0.2) is 9.59 Å². The fraction of sp³-hybridized carbons (Fsp3) is 0.667. The van der Waals surface area contributed by atoms with Crippen LogP contribution in [-0.2, 0) is 23.8 Å². The summed E-state index contributed by atoms with van der Waals surface area (Å²) in [5.74, 6) is 4.05. The highest BCUT2D eigenvalue weighted by Crippen LogP contribution is 2.10. The SMILES string of the molecule is CC(C)C(C#CC(=O)OC(C)(C)C)O/C=C/C(=O)OC(C)(C)C. The number of esters is 2. The van der Waals surface area contributed by atoms with Gasteiger partial charge in [0.1, 0.15) is 11.2 Å². The van der Waals surface area contributed by atoms with Crippen LogP contribution < -0.4 is 0 Å². The summed E-state index contributed by atoms with van der Waals surface area (Å²) >= 11 is 0. The molecule has 0 aromatic carbocycles. The first-order chi connectivity index (χ1) is 10.3. The van der Waals surface area contributed by atoms with Crippen molar-refractivity contribution in [1.82, 2.24) is 0 Å². The maximum absolute atomic E-state index is 11.6. The highest BCUT2D eigenvalue weighted by atomic mass is 16.6. The molecule has 0 saturated heterocycles. The van der Waals surface area contributed by atoms with E-state index in [1.54, 1.807) is 41.5 Å². The maximum Gasteiger partial charge on any atom is 0.384 e. The Balaban J connectivity index is 4.67. The molecule has 0 amide bonds. The van der Waals surface area contributed by atoms with Crippen molar-refractivity contribution in [3.8, 4) is 11.8 Å². The van der Waals surface area contributed by atoms with Crippen molar-refractivity contribution >= 4 is 11.9 Å². The summed E-state index contributed by atoms with van der Waals surface area (Å²) in [6.45, 7) is 14.5. The molecule has 5 heteroatoms.